The third kappa shape index (κ3) is 2.89. The van der Waals surface area contributed by atoms with Crippen molar-refractivity contribution in [1.82, 2.24) is 0 Å². The zero-order valence-corrected chi connectivity index (χ0v) is 9.17. The lowest BCUT2D eigenvalue weighted by Crippen LogP contribution is -2.45. The van der Waals surface area contributed by atoms with Crippen molar-refractivity contribution in [2.75, 3.05) is 20.8 Å². The zero-order valence-electron chi connectivity index (χ0n) is 9.17. The molecule has 0 bridgehead atoms. The van der Waals surface area contributed by atoms with Crippen molar-refractivity contribution in [1.29, 1.82) is 0 Å². The van der Waals surface area contributed by atoms with Gasteiger partial charge in [0.15, 0.2) is 6.29 Å². The minimum absolute atomic E-state index is 0.0301. The van der Waals surface area contributed by atoms with E-state index in [4.69, 9.17) is 9.47 Å². The maximum absolute atomic E-state index is 9.56. The molecule has 0 aliphatic heterocycles. The van der Waals surface area contributed by atoms with Crippen LogP contribution in [0.1, 0.15) is 12.8 Å². The van der Waals surface area contributed by atoms with E-state index in [1.807, 2.05) is 0 Å². The predicted molar refractivity (Wildman–Crippen MR) is 53.1 cm³/mol. The molecule has 0 amide bonds. The Morgan fingerprint density at radius 1 is 1.13 bits per heavy atom. The highest BCUT2D eigenvalue weighted by Gasteiger charge is 2.39. The first-order chi connectivity index (χ1) is 7.13. The zero-order chi connectivity index (χ0) is 11.4. The van der Waals surface area contributed by atoms with E-state index in [2.05, 4.69) is 0 Å². The van der Waals surface area contributed by atoms with Gasteiger partial charge in [-0.1, -0.05) is 0 Å². The number of rotatable bonds is 4. The number of aliphatic hydroxyl groups is 3. The molecule has 1 unspecified atom stereocenters. The van der Waals surface area contributed by atoms with Gasteiger partial charge in [0.2, 0.25) is 0 Å². The fourth-order valence-electron chi connectivity index (χ4n) is 2.26. The van der Waals surface area contributed by atoms with E-state index in [0.29, 0.717) is 12.8 Å². The molecule has 0 heterocycles. The van der Waals surface area contributed by atoms with Crippen LogP contribution in [-0.4, -0.2) is 54.6 Å². The SMILES string of the molecule is COC(OC)[C@@H]1CC(O)[C@H](O)C[C@@H]1CO. The molecule has 4 atom stereocenters. The molecule has 0 aromatic carbocycles. The lowest BCUT2D eigenvalue weighted by Gasteiger charge is -2.39. The lowest BCUT2D eigenvalue weighted by molar-refractivity contribution is -0.182. The van der Waals surface area contributed by atoms with Crippen molar-refractivity contribution in [3.63, 3.8) is 0 Å². The van der Waals surface area contributed by atoms with Crippen LogP contribution >= 0.6 is 0 Å². The predicted octanol–water partition coefficient (Wildman–Crippen LogP) is -0.654. The minimum atomic E-state index is -0.759. The van der Waals surface area contributed by atoms with Crippen LogP contribution in [-0.2, 0) is 9.47 Å². The topological polar surface area (TPSA) is 79.2 Å². The summed E-state index contributed by atoms with van der Waals surface area (Å²) in [4.78, 5) is 0. The molecule has 1 aliphatic carbocycles. The second kappa shape index (κ2) is 5.77. The smallest absolute Gasteiger partial charge is 0.160 e. The number of ether oxygens (including phenoxy) is 2. The minimum Gasteiger partial charge on any atom is -0.396 e. The highest BCUT2D eigenvalue weighted by atomic mass is 16.7. The van der Waals surface area contributed by atoms with Gasteiger partial charge in [-0.3, -0.25) is 0 Å². The van der Waals surface area contributed by atoms with Crippen LogP contribution in [0.4, 0.5) is 0 Å². The molecule has 0 radical (unpaired) electrons. The molecule has 90 valence electrons. The van der Waals surface area contributed by atoms with Gasteiger partial charge in [-0.05, 0) is 18.8 Å². The molecular weight excluding hydrogens is 200 g/mol. The summed E-state index contributed by atoms with van der Waals surface area (Å²) in [5.41, 5.74) is 0. The van der Waals surface area contributed by atoms with Gasteiger partial charge in [0.1, 0.15) is 0 Å². The van der Waals surface area contributed by atoms with E-state index < -0.39 is 18.5 Å². The van der Waals surface area contributed by atoms with Gasteiger partial charge in [0.05, 0.1) is 12.2 Å². The summed E-state index contributed by atoms with van der Waals surface area (Å²) < 4.78 is 10.3. The summed E-state index contributed by atoms with van der Waals surface area (Å²) in [7, 11) is 3.06. The van der Waals surface area contributed by atoms with Gasteiger partial charge in [-0.25, -0.2) is 0 Å². The van der Waals surface area contributed by atoms with E-state index in [1.54, 1.807) is 0 Å². The van der Waals surface area contributed by atoms with Gasteiger partial charge in [0.25, 0.3) is 0 Å². The summed E-state index contributed by atoms with van der Waals surface area (Å²) in [6.45, 7) is -0.0301. The van der Waals surface area contributed by atoms with Crippen molar-refractivity contribution in [3.8, 4) is 0 Å². The second-order valence-electron chi connectivity index (χ2n) is 4.05. The fraction of sp³-hybridized carbons (Fsp3) is 1.00. The van der Waals surface area contributed by atoms with E-state index in [0.717, 1.165) is 0 Å². The van der Waals surface area contributed by atoms with E-state index in [1.165, 1.54) is 14.2 Å². The largest absolute Gasteiger partial charge is 0.396 e. The van der Waals surface area contributed by atoms with Crippen molar-refractivity contribution < 1.29 is 24.8 Å². The third-order valence-corrected chi connectivity index (χ3v) is 3.16. The molecule has 0 aromatic rings. The van der Waals surface area contributed by atoms with Gasteiger partial charge in [-0.2, -0.15) is 0 Å². The molecule has 1 saturated carbocycles. The average Bonchev–Trinajstić information content (AvgIpc) is 2.24. The second-order valence-corrected chi connectivity index (χ2v) is 4.05. The van der Waals surface area contributed by atoms with Crippen molar-refractivity contribution in [2.24, 2.45) is 11.8 Å². The normalized spacial score (nSPS) is 37.2. The summed E-state index contributed by atoms with van der Waals surface area (Å²) >= 11 is 0. The monoisotopic (exact) mass is 220 g/mol. The number of hydrogen-bond acceptors (Lipinski definition) is 5. The maximum atomic E-state index is 9.56. The Bertz CT molecular complexity index is 183. The quantitative estimate of drug-likeness (QED) is 0.548. The first-order valence-corrected chi connectivity index (χ1v) is 5.16. The van der Waals surface area contributed by atoms with Gasteiger partial charge < -0.3 is 24.8 Å². The van der Waals surface area contributed by atoms with E-state index in [9.17, 15) is 15.3 Å². The molecule has 1 fully saturated rings. The highest BCUT2D eigenvalue weighted by molar-refractivity contribution is 4.86. The molecule has 5 heteroatoms. The van der Waals surface area contributed by atoms with Crippen LogP contribution in [0.15, 0.2) is 0 Å². The summed E-state index contributed by atoms with van der Waals surface area (Å²) in [6, 6.07) is 0. The fourth-order valence-corrected chi connectivity index (χ4v) is 2.26. The van der Waals surface area contributed by atoms with Crippen LogP contribution in [0.3, 0.4) is 0 Å². The van der Waals surface area contributed by atoms with E-state index >= 15 is 0 Å². The Morgan fingerprint density at radius 2 is 1.67 bits per heavy atom. The molecule has 15 heavy (non-hydrogen) atoms. The number of hydrogen-bond donors (Lipinski definition) is 3. The molecular formula is C10H20O5. The van der Waals surface area contributed by atoms with Gasteiger partial charge in [-0.15, -0.1) is 0 Å². The lowest BCUT2D eigenvalue weighted by atomic mass is 9.76. The Labute approximate surface area is 89.6 Å². The first-order valence-electron chi connectivity index (χ1n) is 5.16. The third-order valence-electron chi connectivity index (χ3n) is 3.16. The van der Waals surface area contributed by atoms with Crippen molar-refractivity contribution in [2.45, 2.75) is 31.3 Å². The molecule has 1 rings (SSSR count). The number of aliphatic hydroxyl groups excluding tert-OH is 3. The summed E-state index contributed by atoms with van der Waals surface area (Å²) in [5.74, 6) is -0.170. The summed E-state index contributed by atoms with van der Waals surface area (Å²) in [5, 5.41) is 28.2. The van der Waals surface area contributed by atoms with Crippen LogP contribution in [0.25, 0.3) is 0 Å². The Hall–Kier alpha value is -0.200. The van der Waals surface area contributed by atoms with Gasteiger partial charge in [0, 0.05) is 26.7 Å². The highest BCUT2D eigenvalue weighted by Crippen LogP contribution is 2.33. The van der Waals surface area contributed by atoms with Crippen LogP contribution in [0.5, 0.6) is 0 Å². The molecule has 1 aliphatic rings. The Morgan fingerprint density at radius 3 is 2.13 bits per heavy atom. The van der Waals surface area contributed by atoms with Crippen molar-refractivity contribution in [3.05, 3.63) is 0 Å². The molecule has 3 N–H and O–H groups in total. The molecule has 0 spiro atoms. The average molecular weight is 220 g/mol. The molecule has 0 saturated heterocycles. The standard InChI is InChI=1S/C10H20O5/c1-14-10(15-2)7-4-9(13)8(12)3-6(7)5-11/h6-13H,3-5H2,1-2H3/t6-,7-,8-,9?/m1/s1. The van der Waals surface area contributed by atoms with Crippen LogP contribution in [0, 0.1) is 11.8 Å². The summed E-state index contributed by atoms with van der Waals surface area (Å²) in [6.07, 6.45) is -1.19. The van der Waals surface area contributed by atoms with Crippen LogP contribution < -0.4 is 0 Å². The first kappa shape index (κ1) is 12.9. The Balaban J connectivity index is 2.67. The number of methoxy groups -OCH3 is 2. The molecule has 0 aromatic heterocycles. The van der Waals surface area contributed by atoms with Crippen LogP contribution in [0.2, 0.25) is 0 Å². The Kier molecular flexibility index (Phi) is 4.95. The van der Waals surface area contributed by atoms with Crippen molar-refractivity contribution >= 4 is 0 Å². The molecule has 5 nitrogen and oxygen atoms in total. The van der Waals surface area contributed by atoms with Gasteiger partial charge >= 0.3 is 0 Å². The van der Waals surface area contributed by atoms with E-state index in [-0.39, 0.29) is 18.4 Å². The maximum Gasteiger partial charge on any atom is 0.160 e.